The van der Waals surface area contributed by atoms with E-state index in [0.29, 0.717) is 12.1 Å². The van der Waals surface area contributed by atoms with Gasteiger partial charge in [0.15, 0.2) is 0 Å². The zero-order valence-electron chi connectivity index (χ0n) is 13.3. The number of hydrogen-bond acceptors (Lipinski definition) is 2. The number of rotatable bonds is 6. The van der Waals surface area contributed by atoms with Crippen LogP contribution in [0.3, 0.4) is 0 Å². The molecule has 2 nitrogen and oxygen atoms in total. The molecule has 1 aromatic rings. The molecule has 2 rings (SSSR count). The van der Waals surface area contributed by atoms with Crippen LogP contribution in [0.5, 0.6) is 0 Å². The van der Waals surface area contributed by atoms with Crippen molar-refractivity contribution in [1.82, 2.24) is 10.2 Å². The van der Waals surface area contributed by atoms with Crippen molar-refractivity contribution in [3.05, 3.63) is 35.9 Å². The average Bonchev–Trinajstić information content (AvgIpc) is 2.48. The van der Waals surface area contributed by atoms with Gasteiger partial charge in [-0.25, -0.2) is 0 Å². The van der Waals surface area contributed by atoms with E-state index in [-0.39, 0.29) is 0 Å². The third-order valence-corrected chi connectivity index (χ3v) is 4.52. The SMILES string of the molecule is CCCNCC(c1ccccc1)N1CC(C)CCC1C. The second-order valence-electron chi connectivity index (χ2n) is 6.36. The Bertz CT molecular complexity index is 376. The Balaban J connectivity index is 2.12. The standard InChI is InChI=1S/C18H30N2/c1-4-12-19-13-18(17-8-6-5-7-9-17)20-14-15(2)10-11-16(20)3/h5-9,15-16,18-19H,4,10-14H2,1-3H3. The Kier molecular flexibility index (Phi) is 6.06. The second kappa shape index (κ2) is 7.80. The highest BCUT2D eigenvalue weighted by molar-refractivity contribution is 5.20. The van der Waals surface area contributed by atoms with E-state index < -0.39 is 0 Å². The van der Waals surface area contributed by atoms with Crippen LogP contribution in [0.15, 0.2) is 30.3 Å². The monoisotopic (exact) mass is 274 g/mol. The number of nitrogens with one attached hydrogen (secondary N) is 1. The molecule has 20 heavy (non-hydrogen) atoms. The molecule has 2 heteroatoms. The van der Waals surface area contributed by atoms with Crippen LogP contribution in [0.2, 0.25) is 0 Å². The second-order valence-corrected chi connectivity index (χ2v) is 6.36. The van der Waals surface area contributed by atoms with Gasteiger partial charge in [-0.3, -0.25) is 4.90 Å². The van der Waals surface area contributed by atoms with Crippen LogP contribution in [0, 0.1) is 5.92 Å². The maximum atomic E-state index is 3.62. The van der Waals surface area contributed by atoms with Crippen molar-refractivity contribution in [3.63, 3.8) is 0 Å². The van der Waals surface area contributed by atoms with E-state index in [0.717, 1.165) is 19.0 Å². The Morgan fingerprint density at radius 3 is 2.65 bits per heavy atom. The first-order valence-corrected chi connectivity index (χ1v) is 8.23. The Hall–Kier alpha value is -0.860. The molecule has 1 N–H and O–H groups in total. The van der Waals surface area contributed by atoms with Gasteiger partial charge < -0.3 is 5.32 Å². The Morgan fingerprint density at radius 1 is 1.20 bits per heavy atom. The quantitative estimate of drug-likeness (QED) is 0.793. The van der Waals surface area contributed by atoms with E-state index >= 15 is 0 Å². The fourth-order valence-electron chi connectivity index (χ4n) is 3.27. The molecule has 0 aromatic heterocycles. The lowest BCUT2D eigenvalue weighted by Gasteiger charge is -2.42. The van der Waals surface area contributed by atoms with E-state index in [4.69, 9.17) is 0 Å². The van der Waals surface area contributed by atoms with Gasteiger partial charge in [0.25, 0.3) is 0 Å². The van der Waals surface area contributed by atoms with Gasteiger partial charge in [-0.1, -0.05) is 44.2 Å². The van der Waals surface area contributed by atoms with Gasteiger partial charge >= 0.3 is 0 Å². The van der Waals surface area contributed by atoms with Crippen LogP contribution in [-0.4, -0.2) is 30.6 Å². The molecule has 1 fully saturated rings. The topological polar surface area (TPSA) is 15.3 Å². The van der Waals surface area contributed by atoms with Gasteiger partial charge in [-0.2, -0.15) is 0 Å². The van der Waals surface area contributed by atoms with Crippen molar-refractivity contribution in [2.24, 2.45) is 5.92 Å². The van der Waals surface area contributed by atoms with Crippen molar-refractivity contribution in [1.29, 1.82) is 0 Å². The fraction of sp³-hybridized carbons (Fsp3) is 0.667. The lowest BCUT2D eigenvalue weighted by molar-refractivity contribution is 0.0757. The summed E-state index contributed by atoms with van der Waals surface area (Å²) in [6.45, 7) is 10.4. The van der Waals surface area contributed by atoms with Gasteiger partial charge in [0.2, 0.25) is 0 Å². The van der Waals surface area contributed by atoms with Crippen molar-refractivity contribution in [2.45, 2.75) is 52.1 Å². The van der Waals surface area contributed by atoms with E-state index in [1.807, 2.05) is 0 Å². The highest BCUT2D eigenvalue weighted by Crippen LogP contribution is 2.30. The minimum atomic E-state index is 0.514. The van der Waals surface area contributed by atoms with E-state index in [9.17, 15) is 0 Å². The molecule has 3 unspecified atom stereocenters. The molecular weight excluding hydrogens is 244 g/mol. The lowest BCUT2D eigenvalue weighted by Crippen LogP contribution is -2.46. The first-order valence-electron chi connectivity index (χ1n) is 8.23. The van der Waals surface area contributed by atoms with Gasteiger partial charge in [-0.15, -0.1) is 0 Å². The van der Waals surface area contributed by atoms with Crippen LogP contribution in [0.4, 0.5) is 0 Å². The maximum Gasteiger partial charge on any atom is 0.0475 e. The van der Waals surface area contributed by atoms with Crippen LogP contribution < -0.4 is 5.32 Å². The van der Waals surface area contributed by atoms with Crippen molar-refractivity contribution >= 4 is 0 Å². The zero-order valence-corrected chi connectivity index (χ0v) is 13.3. The van der Waals surface area contributed by atoms with E-state index in [2.05, 4.69) is 61.3 Å². The van der Waals surface area contributed by atoms with Crippen LogP contribution in [-0.2, 0) is 0 Å². The normalized spacial score (nSPS) is 25.6. The summed E-state index contributed by atoms with van der Waals surface area (Å²) in [4.78, 5) is 2.71. The Morgan fingerprint density at radius 2 is 1.95 bits per heavy atom. The summed E-state index contributed by atoms with van der Waals surface area (Å²) in [5.74, 6) is 0.823. The zero-order chi connectivity index (χ0) is 14.4. The summed E-state index contributed by atoms with van der Waals surface area (Å²) < 4.78 is 0. The number of nitrogens with zero attached hydrogens (tertiary/aromatic N) is 1. The summed E-state index contributed by atoms with van der Waals surface area (Å²) >= 11 is 0. The van der Waals surface area contributed by atoms with Crippen LogP contribution >= 0.6 is 0 Å². The molecule has 1 saturated heterocycles. The molecule has 1 aromatic carbocycles. The molecule has 1 heterocycles. The fourth-order valence-corrected chi connectivity index (χ4v) is 3.27. The summed E-state index contributed by atoms with van der Waals surface area (Å²) in [5.41, 5.74) is 1.46. The minimum absolute atomic E-state index is 0.514. The molecule has 0 aliphatic carbocycles. The third-order valence-electron chi connectivity index (χ3n) is 4.52. The molecule has 0 amide bonds. The van der Waals surface area contributed by atoms with Gasteiger partial charge in [0.05, 0.1) is 0 Å². The first-order chi connectivity index (χ1) is 9.72. The van der Waals surface area contributed by atoms with E-state index in [1.165, 1.54) is 31.4 Å². The molecule has 1 aliphatic rings. The largest absolute Gasteiger partial charge is 0.315 e. The molecule has 3 atom stereocenters. The average molecular weight is 274 g/mol. The van der Waals surface area contributed by atoms with Crippen molar-refractivity contribution in [2.75, 3.05) is 19.6 Å². The molecule has 1 aliphatic heterocycles. The van der Waals surface area contributed by atoms with Crippen LogP contribution in [0.25, 0.3) is 0 Å². The highest BCUT2D eigenvalue weighted by Gasteiger charge is 2.29. The van der Waals surface area contributed by atoms with Crippen molar-refractivity contribution in [3.8, 4) is 0 Å². The Labute approximate surface area is 124 Å². The van der Waals surface area contributed by atoms with Gasteiger partial charge in [0.1, 0.15) is 0 Å². The number of hydrogen-bond donors (Lipinski definition) is 1. The van der Waals surface area contributed by atoms with Crippen LogP contribution in [0.1, 0.15) is 51.6 Å². The minimum Gasteiger partial charge on any atom is -0.315 e. The molecule has 0 bridgehead atoms. The lowest BCUT2D eigenvalue weighted by atomic mass is 9.91. The summed E-state index contributed by atoms with van der Waals surface area (Å²) in [6.07, 6.45) is 3.91. The third kappa shape index (κ3) is 4.07. The predicted molar refractivity (Wildman–Crippen MR) is 86.9 cm³/mol. The summed E-state index contributed by atoms with van der Waals surface area (Å²) in [6, 6.07) is 12.2. The smallest absolute Gasteiger partial charge is 0.0475 e. The van der Waals surface area contributed by atoms with Gasteiger partial charge in [0, 0.05) is 25.2 Å². The molecule has 112 valence electrons. The highest BCUT2D eigenvalue weighted by atomic mass is 15.2. The molecular formula is C18H30N2. The van der Waals surface area contributed by atoms with Crippen molar-refractivity contribution < 1.29 is 0 Å². The first kappa shape index (κ1) is 15.5. The number of likely N-dealkylation sites (tertiary alicyclic amines) is 1. The number of piperidine rings is 1. The maximum absolute atomic E-state index is 3.62. The summed E-state index contributed by atoms with van der Waals surface area (Å²) in [7, 11) is 0. The summed E-state index contributed by atoms with van der Waals surface area (Å²) in [5, 5.41) is 3.62. The number of benzene rings is 1. The molecule has 0 spiro atoms. The molecule has 0 saturated carbocycles. The molecule has 0 radical (unpaired) electrons. The van der Waals surface area contributed by atoms with Gasteiger partial charge in [-0.05, 0) is 44.2 Å². The predicted octanol–water partition coefficient (Wildman–Crippen LogP) is 3.85. The van der Waals surface area contributed by atoms with E-state index in [1.54, 1.807) is 0 Å².